The van der Waals surface area contributed by atoms with Crippen molar-refractivity contribution in [2.75, 3.05) is 31.3 Å². The van der Waals surface area contributed by atoms with Crippen LogP contribution in [0.5, 0.6) is 5.75 Å². The molecule has 16 heteroatoms. The third kappa shape index (κ3) is 7.09. The molecule has 9 nitrogen and oxygen atoms in total. The number of aromatic nitrogens is 1. The lowest BCUT2D eigenvalue weighted by atomic mass is 9.89. The zero-order valence-electron chi connectivity index (χ0n) is 26.5. The SMILES string of the molecule is Cc1cc(N2CCOC[C@@H]2C(F)(F)F)cc(F)c1C(=O)N[C@@H](Cc1ccc(-c2c(C(F)(F)F)cc(C)n(C)c2=O)c2c1CCCO2)C(=O)O. The van der Waals surface area contributed by atoms with E-state index in [-0.39, 0.29) is 60.9 Å². The summed E-state index contributed by atoms with van der Waals surface area (Å²) in [5, 5.41) is 12.3. The Morgan fingerprint density at radius 2 is 1.80 bits per heavy atom. The number of amides is 1. The van der Waals surface area contributed by atoms with Crippen LogP contribution in [0.25, 0.3) is 11.1 Å². The summed E-state index contributed by atoms with van der Waals surface area (Å²) in [6, 6.07) is 1.75. The van der Waals surface area contributed by atoms with E-state index in [0.717, 1.165) is 21.6 Å². The summed E-state index contributed by atoms with van der Waals surface area (Å²) in [4.78, 5) is 39.7. The van der Waals surface area contributed by atoms with Crippen LogP contribution in [0.4, 0.5) is 36.4 Å². The molecule has 49 heavy (non-hydrogen) atoms. The number of ether oxygens (including phenoxy) is 2. The monoisotopic (exact) mass is 699 g/mol. The number of carboxylic acids is 1. The lowest BCUT2D eigenvalue weighted by Gasteiger charge is -2.38. The van der Waals surface area contributed by atoms with E-state index in [2.05, 4.69) is 5.32 Å². The average Bonchev–Trinajstić information content (AvgIpc) is 3.02. The number of carbonyl (C=O) groups excluding carboxylic acids is 1. The molecule has 1 aromatic heterocycles. The first-order valence-electron chi connectivity index (χ1n) is 15.2. The van der Waals surface area contributed by atoms with Crippen LogP contribution in [0.2, 0.25) is 0 Å². The standard InChI is InChI=1S/C33H32F7N3O6/c1-16-11-19(43-8-10-48-15-25(43)33(38,39)40)14-23(34)26(16)29(44)41-24(31(46)47)13-18-6-7-21(28-20(18)5-4-9-49-28)27-22(32(35,36)37)12-17(2)42(3)30(27)45/h6-7,11-12,14,24-25H,4-5,8-10,13,15H2,1-3H3,(H,41,44)(H,46,47)/t24-,25+/m0/s1. The molecule has 0 unspecified atom stereocenters. The van der Waals surface area contributed by atoms with Crippen LogP contribution in [0, 0.1) is 19.7 Å². The molecular formula is C33H32F7N3O6. The van der Waals surface area contributed by atoms with Crippen molar-refractivity contribution in [3.8, 4) is 16.9 Å². The Morgan fingerprint density at radius 1 is 1.08 bits per heavy atom. The number of nitrogens with zero attached hydrogens (tertiary/aromatic N) is 2. The van der Waals surface area contributed by atoms with Gasteiger partial charge in [0.1, 0.15) is 23.7 Å². The van der Waals surface area contributed by atoms with Gasteiger partial charge >= 0.3 is 18.3 Å². The van der Waals surface area contributed by atoms with Crippen molar-refractivity contribution < 1.29 is 54.9 Å². The highest BCUT2D eigenvalue weighted by Gasteiger charge is 2.46. The summed E-state index contributed by atoms with van der Waals surface area (Å²) in [6.07, 6.45) is -9.23. The van der Waals surface area contributed by atoms with Crippen LogP contribution < -0.4 is 20.5 Å². The lowest BCUT2D eigenvalue weighted by molar-refractivity contribution is -0.167. The first-order valence-corrected chi connectivity index (χ1v) is 15.2. The van der Waals surface area contributed by atoms with Gasteiger partial charge in [0.05, 0.1) is 36.5 Å². The minimum Gasteiger partial charge on any atom is -0.493 e. The van der Waals surface area contributed by atoms with Gasteiger partial charge in [-0.3, -0.25) is 9.59 Å². The van der Waals surface area contributed by atoms with Gasteiger partial charge in [-0.1, -0.05) is 12.1 Å². The van der Waals surface area contributed by atoms with Gasteiger partial charge in [-0.15, -0.1) is 0 Å². The van der Waals surface area contributed by atoms with Crippen LogP contribution in [0.15, 0.2) is 35.1 Å². The number of halogens is 7. The van der Waals surface area contributed by atoms with Crippen molar-refractivity contribution in [2.45, 2.75) is 57.5 Å². The molecule has 3 aromatic rings. The number of hydrogen-bond acceptors (Lipinski definition) is 6. The van der Waals surface area contributed by atoms with E-state index in [1.165, 1.54) is 39.1 Å². The van der Waals surface area contributed by atoms with Crippen molar-refractivity contribution in [3.05, 3.63) is 80.0 Å². The molecule has 2 N–H and O–H groups in total. The first-order chi connectivity index (χ1) is 22.9. The maximum Gasteiger partial charge on any atom is 0.417 e. The molecule has 0 saturated carbocycles. The molecular weight excluding hydrogens is 667 g/mol. The van der Waals surface area contributed by atoms with Crippen LogP contribution in [0.3, 0.4) is 0 Å². The lowest BCUT2D eigenvalue weighted by Crippen LogP contribution is -2.53. The van der Waals surface area contributed by atoms with Crippen molar-refractivity contribution in [1.29, 1.82) is 0 Å². The minimum absolute atomic E-state index is 0.0107. The number of anilines is 1. The van der Waals surface area contributed by atoms with Crippen LogP contribution in [0.1, 0.15) is 44.7 Å². The Kier molecular flexibility index (Phi) is 9.74. The van der Waals surface area contributed by atoms with Crippen LogP contribution in [-0.2, 0) is 35.6 Å². The Bertz CT molecular complexity index is 1830. The van der Waals surface area contributed by atoms with Crippen molar-refractivity contribution in [2.24, 2.45) is 7.05 Å². The fourth-order valence-corrected chi connectivity index (χ4v) is 6.24. The molecule has 2 atom stereocenters. The predicted octanol–water partition coefficient (Wildman–Crippen LogP) is 5.35. The van der Waals surface area contributed by atoms with Gasteiger partial charge in [0.2, 0.25) is 0 Å². The maximum absolute atomic E-state index is 15.4. The quantitative estimate of drug-likeness (QED) is 0.321. The Morgan fingerprint density at radius 3 is 2.43 bits per heavy atom. The highest BCUT2D eigenvalue weighted by Crippen LogP contribution is 2.43. The normalized spacial score (nSPS) is 17.3. The zero-order chi connectivity index (χ0) is 36.0. The molecule has 0 radical (unpaired) electrons. The number of nitrogens with one attached hydrogen (secondary N) is 1. The molecule has 5 rings (SSSR count). The molecule has 0 aliphatic carbocycles. The first kappa shape index (κ1) is 35.7. The number of rotatable bonds is 7. The van der Waals surface area contributed by atoms with E-state index < -0.39 is 71.0 Å². The number of fused-ring (bicyclic) bond motifs is 1. The highest BCUT2D eigenvalue weighted by atomic mass is 19.4. The van der Waals surface area contributed by atoms with E-state index >= 15 is 4.39 Å². The Labute approximate surface area is 275 Å². The van der Waals surface area contributed by atoms with Gasteiger partial charge in [0, 0.05) is 37.0 Å². The van der Waals surface area contributed by atoms with Crippen molar-refractivity contribution >= 4 is 17.6 Å². The summed E-state index contributed by atoms with van der Waals surface area (Å²) in [5.41, 5.74) is -2.79. The third-order valence-corrected chi connectivity index (χ3v) is 8.78. The molecule has 1 saturated heterocycles. The largest absolute Gasteiger partial charge is 0.493 e. The van der Waals surface area contributed by atoms with Crippen LogP contribution in [-0.4, -0.2) is 66.2 Å². The van der Waals surface area contributed by atoms with E-state index in [1.807, 2.05) is 0 Å². The fourth-order valence-electron chi connectivity index (χ4n) is 6.24. The van der Waals surface area contributed by atoms with Gasteiger partial charge in [-0.2, -0.15) is 26.3 Å². The molecule has 0 spiro atoms. The smallest absolute Gasteiger partial charge is 0.417 e. The number of alkyl halides is 6. The number of benzene rings is 2. The van der Waals surface area contributed by atoms with E-state index in [1.54, 1.807) is 0 Å². The summed E-state index contributed by atoms with van der Waals surface area (Å²) >= 11 is 0. The summed E-state index contributed by atoms with van der Waals surface area (Å²) in [6.45, 7) is 1.92. The molecule has 0 bridgehead atoms. The third-order valence-electron chi connectivity index (χ3n) is 8.78. The average molecular weight is 700 g/mol. The number of aryl methyl sites for hydroxylation is 2. The molecule has 2 aliphatic rings. The van der Waals surface area contributed by atoms with Gasteiger partial charge in [-0.25, -0.2) is 9.18 Å². The molecule has 1 amide bonds. The van der Waals surface area contributed by atoms with Gasteiger partial charge in [0.25, 0.3) is 11.5 Å². The summed E-state index contributed by atoms with van der Waals surface area (Å²) in [5.74, 6) is -3.82. The molecule has 1 fully saturated rings. The topological polar surface area (TPSA) is 110 Å². The number of morpholine rings is 1. The van der Waals surface area contributed by atoms with Crippen LogP contribution >= 0.6 is 0 Å². The second-order valence-corrected chi connectivity index (χ2v) is 12.0. The number of aliphatic carboxylic acids is 1. The number of pyridine rings is 1. The minimum atomic E-state index is -4.87. The predicted molar refractivity (Wildman–Crippen MR) is 162 cm³/mol. The van der Waals surface area contributed by atoms with E-state index in [9.17, 15) is 45.8 Å². The van der Waals surface area contributed by atoms with E-state index in [0.29, 0.717) is 17.5 Å². The Balaban J connectivity index is 1.47. The zero-order valence-corrected chi connectivity index (χ0v) is 26.5. The van der Waals surface area contributed by atoms with Crippen molar-refractivity contribution in [1.82, 2.24) is 9.88 Å². The van der Waals surface area contributed by atoms with E-state index in [4.69, 9.17) is 9.47 Å². The summed E-state index contributed by atoms with van der Waals surface area (Å²) in [7, 11) is 1.34. The van der Waals surface area contributed by atoms with Crippen molar-refractivity contribution in [3.63, 3.8) is 0 Å². The van der Waals surface area contributed by atoms with Gasteiger partial charge in [-0.05, 0) is 61.6 Å². The molecule has 264 valence electrons. The maximum atomic E-state index is 15.4. The number of hydrogen-bond donors (Lipinski definition) is 2. The van der Waals surface area contributed by atoms with Gasteiger partial charge < -0.3 is 29.4 Å². The second kappa shape index (κ2) is 13.4. The van der Waals surface area contributed by atoms with Gasteiger partial charge in [0.15, 0.2) is 0 Å². The molecule has 2 aromatic carbocycles. The second-order valence-electron chi connectivity index (χ2n) is 12.0. The number of carbonyl (C=O) groups is 2. The Hall–Kier alpha value is -4.60. The number of carboxylic acid groups (broad SMARTS) is 1. The molecule has 2 aliphatic heterocycles. The molecule has 3 heterocycles. The fraction of sp³-hybridized carbons (Fsp3) is 0.424. The highest BCUT2D eigenvalue weighted by molar-refractivity contribution is 5.98. The summed E-state index contributed by atoms with van der Waals surface area (Å²) < 4.78 is 110.